The highest BCUT2D eigenvalue weighted by Gasteiger charge is 2.40. The Bertz CT molecular complexity index is 658. The molecule has 3 nitrogen and oxygen atoms in total. The second-order valence-corrected chi connectivity index (χ2v) is 25.8. The number of rotatable bonds is 4. The van der Waals surface area contributed by atoms with Crippen LogP contribution in [0.1, 0.15) is 5.29 Å². The molecular weight excluding hydrogens is 318 g/mol. The molecule has 0 N–H and O–H groups in total. The fraction of sp³-hybridized carbons (Fsp3) is 0.625. The SMILES string of the molecule is C[Si](C)(C)c1cccc2c1nnn2C([Si](C)(C)C)[Si](C)(C)C. The molecule has 0 aliphatic rings. The van der Waals surface area contributed by atoms with Crippen molar-refractivity contribution < 1.29 is 0 Å². The minimum atomic E-state index is -1.40. The van der Waals surface area contributed by atoms with Crippen LogP contribution < -0.4 is 5.19 Å². The van der Waals surface area contributed by atoms with Gasteiger partial charge in [0.25, 0.3) is 0 Å². The lowest BCUT2D eigenvalue weighted by molar-refractivity contribution is 0.665. The van der Waals surface area contributed by atoms with Crippen LogP contribution in [-0.2, 0) is 0 Å². The zero-order valence-corrected chi connectivity index (χ0v) is 18.7. The Morgan fingerprint density at radius 1 is 0.864 bits per heavy atom. The van der Waals surface area contributed by atoms with Gasteiger partial charge >= 0.3 is 0 Å². The molecule has 1 aromatic heterocycles. The molecule has 0 bridgehead atoms. The lowest BCUT2D eigenvalue weighted by atomic mass is 10.3. The smallest absolute Gasteiger partial charge is 0.112 e. The van der Waals surface area contributed by atoms with E-state index in [0.29, 0.717) is 5.29 Å². The van der Waals surface area contributed by atoms with Gasteiger partial charge in [-0.15, -0.1) is 5.10 Å². The summed E-state index contributed by atoms with van der Waals surface area (Å²) >= 11 is 0. The second kappa shape index (κ2) is 5.42. The molecule has 2 rings (SSSR count). The molecule has 0 unspecified atom stereocenters. The molecule has 0 amide bonds. The molecule has 1 heterocycles. The molecular formula is C16H31N3Si3. The van der Waals surface area contributed by atoms with Crippen molar-refractivity contribution in [3.63, 3.8) is 0 Å². The summed E-state index contributed by atoms with van der Waals surface area (Å²) in [5.74, 6) is 0. The van der Waals surface area contributed by atoms with Gasteiger partial charge in [-0.05, 0) is 11.3 Å². The summed E-state index contributed by atoms with van der Waals surface area (Å²) in [6.07, 6.45) is 0. The van der Waals surface area contributed by atoms with Gasteiger partial charge in [0.05, 0.1) is 29.7 Å². The lowest BCUT2D eigenvalue weighted by Crippen LogP contribution is -2.50. The van der Waals surface area contributed by atoms with Gasteiger partial charge in [0.15, 0.2) is 0 Å². The Kier molecular flexibility index (Phi) is 4.34. The number of hydrogen-bond acceptors (Lipinski definition) is 2. The van der Waals surface area contributed by atoms with Crippen molar-refractivity contribution in [2.45, 2.75) is 64.2 Å². The largest absolute Gasteiger partial charge is 0.248 e. The van der Waals surface area contributed by atoms with Crippen molar-refractivity contribution in [3.8, 4) is 0 Å². The van der Waals surface area contributed by atoms with Gasteiger partial charge in [-0.2, -0.15) is 0 Å². The van der Waals surface area contributed by atoms with Crippen LogP contribution in [0.15, 0.2) is 18.2 Å². The second-order valence-electron chi connectivity index (χ2n) is 9.59. The molecule has 22 heavy (non-hydrogen) atoms. The third kappa shape index (κ3) is 3.28. The molecule has 6 heteroatoms. The van der Waals surface area contributed by atoms with Crippen LogP contribution in [0.4, 0.5) is 0 Å². The van der Waals surface area contributed by atoms with E-state index in [1.165, 1.54) is 10.7 Å². The van der Waals surface area contributed by atoms with Crippen LogP contribution in [-0.4, -0.2) is 39.2 Å². The van der Waals surface area contributed by atoms with Crippen molar-refractivity contribution >= 4 is 40.4 Å². The third-order valence-electron chi connectivity index (χ3n) is 4.20. The molecule has 0 saturated carbocycles. The first-order valence-electron chi connectivity index (χ1n) is 8.18. The molecule has 0 aliphatic carbocycles. The summed E-state index contributed by atoms with van der Waals surface area (Å²) in [6, 6.07) is 6.67. The quantitative estimate of drug-likeness (QED) is 0.772. The molecule has 122 valence electrons. The van der Waals surface area contributed by atoms with Gasteiger partial charge in [-0.25, -0.2) is 4.68 Å². The van der Waals surface area contributed by atoms with Crippen molar-refractivity contribution in [2.75, 3.05) is 0 Å². The minimum Gasteiger partial charge on any atom is -0.248 e. The van der Waals surface area contributed by atoms with E-state index in [0.717, 1.165) is 5.52 Å². The van der Waals surface area contributed by atoms with Gasteiger partial charge < -0.3 is 0 Å². The van der Waals surface area contributed by atoms with E-state index in [4.69, 9.17) is 0 Å². The number of nitrogens with zero attached hydrogens (tertiary/aromatic N) is 3. The zero-order valence-electron chi connectivity index (χ0n) is 15.7. The number of fused-ring (bicyclic) bond motifs is 1. The Hall–Kier alpha value is -0.729. The Balaban J connectivity index is 2.72. The van der Waals surface area contributed by atoms with Gasteiger partial charge in [-0.3, -0.25) is 0 Å². The molecule has 2 aromatic rings. The van der Waals surface area contributed by atoms with Crippen LogP contribution in [0.2, 0.25) is 58.9 Å². The summed E-state index contributed by atoms with van der Waals surface area (Å²) < 4.78 is 2.29. The van der Waals surface area contributed by atoms with Crippen molar-refractivity contribution in [1.82, 2.24) is 15.0 Å². The molecule has 0 aliphatic heterocycles. The standard InChI is InChI=1S/C16H31N3Si3/c1-20(2,3)14-12-10-11-13-15(14)17-18-19(13)16(21(4,5)6)22(7,8)9/h10-12,16H,1-9H3. The van der Waals surface area contributed by atoms with Crippen LogP contribution >= 0.6 is 0 Å². The fourth-order valence-electron chi connectivity index (χ4n) is 3.79. The van der Waals surface area contributed by atoms with Gasteiger partial charge in [0.1, 0.15) is 5.52 Å². The molecule has 0 atom stereocenters. The average Bonchev–Trinajstić information content (AvgIpc) is 2.67. The Labute approximate surface area is 138 Å². The number of benzene rings is 1. The van der Waals surface area contributed by atoms with E-state index < -0.39 is 24.2 Å². The first-order valence-corrected chi connectivity index (χ1v) is 18.8. The average molecular weight is 350 g/mol. The monoisotopic (exact) mass is 349 g/mol. The predicted molar refractivity (Wildman–Crippen MR) is 106 cm³/mol. The van der Waals surface area contributed by atoms with E-state index in [1.807, 2.05) is 0 Å². The summed E-state index contributed by atoms with van der Waals surface area (Å²) in [7, 11) is -4.15. The highest BCUT2D eigenvalue weighted by atomic mass is 28.4. The summed E-state index contributed by atoms with van der Waals surface area (Å²) in [5.41, 5.74) is 2.39. The first kappa shape index (κ1) is 17.6. The maximum Gasteiger partial charge on any atom is 0.112 e. The Morgan fingerprint density at radius 3 is 1.86 bits per heavy atom. The van der Waals surface area contributed by atoms with E-state index in [1.54, 1.807) is 0 Å². The third-order valence-corrected chi connectivity index (χ3v) is 15.2. The zero-order chi connectivity index (χ0) is 16.9. The van der Waals surface area contributed by atoms with Crippen LogP contribution in [0.3, 0.4) is 0 Å². The van der Waals surface area contributed by atoms with Gasteiger partial charge in [-0.1, -0.05) is 76.3 Å². The van der Waals surface area contributed by atoms with E-state index in [-0.39, 0.29) is 0 Å². The minimum absolute atomic E-state index is 0.571. The normalized spacial score (nSPS) is 14.1. The van der Waals surface area contributed by atoms with E-state index in [2.05, 4.69) is 92.1 Å². The molecule has 0 radical (unpaired) electrons. The number of hydrogen-bond donors (Lipinski definition) is 0. The first-order chi connectivity index (χ1) is 9.83. The van der Waals surface area contributed by atoms with Crippen molar-refractivity contribution in [1.29, 1.82) is 0 Å². The summed E-state index contributed by atoms with van der Waals surface area (Å²) in [5, 5.41) is 11.3. The topological polar surface area (TPSA) is 30.7 Å². The predicted octanol–water partition coefficient (Wildman–Crippen LogP) is 4.27. The van der Waals surface area contributed by atoms with Gasteiger partial charge in [0, 0.05) is 5.29 Å². The Morgan fingerprint density at radius 2 is 1.41 bits per heavy atom. The number of aromatic nitrogens is 3. The highest BCUT2D eigenvalue weighted by molar-refractivity contribution is 6.95. The molecule has 0 saturated heterocycles. The molecule has 0 fully saturated rings. The summed E-state index contributed by atoms with van der Waals surface area (Å²) in [4.78, 5) is 0. The van der Waals surface area contributed by atoms with E-state index in [9.17, 15) is 0 Å². The van der Waals surface area contributed by atoms with Gasteiger partial charge in [0.2, 0.25) is 0 Å². The lowest BCUT2D eigenvalue weighted by Gasteiger charge is -2.38. The van der Waals surface area contributed by atoms with Crippen LogP contribution in [0.5, 0.6) is 0 Å². The van der Waals surface area contributed by atoms with Crippen LogP contribution in [0, 0.1) is 0 Å². The maximum atomic E-state index is 4.66. The van der Waals surface area contributed by atoms with E-state index >= 15 is 0 Å². The summed E-state index contributed by atoms with van der Waals surface area (Å²) in [6.45, 7) is 21.9. The molecule has 0 spiro atoms. The van der Waals surface area contributed by atoms with Crippen molar-refractivity contribution in [3.05, 3.63) is 18.2 Å². The fourth-order valence-corrected chi connectivity index (χ4v) is 17.5. The molecule has 1 aromatic carbocycles. The highest BCUT2D eigenvalue weighted by Crippen LogP contribution is 2.32. The van der Waals surface area contributed by atoms with Crippen LogP contribution in [0.25, 0.3) is 11.0 Å². The maximum absolute atomic E-state index is 4.66. The van der Waals surface area contributed by atoms with Crippen molar-refractivity contribution in [2.24, 2.45) is 0 Å².